The molecular weight excluding hydrogens is 312 g/mol. The van der Waals surface area contributed by atoms with Crippen molar-refractivity contribution < 1.29 is 19.1 Å². The third kappa shape index (κ3) is 4.01. The maximum absolute atomic E-state index is 12.1. The van der Waals surface area contributed by atoms with Crippen LogP contribution < -0.4 is 25.8 Å². The Morgan fingerprint density at radius 1 is 1.25 bits per heavy atom. The predicted octanol–water partition coefficient (Wildman–Crippen LogP) is 0.529. The molecule has 0 aromatic heterocycles. The number of piperidine rings is 1. The SMILES string of the molecule is NC(=O)NCC(=O)N1CCCC(Nc2ccc3c(c2)OCCO3)C1. The molecule has 0 aliphatic carbocycles. The number of hydrogen-bond donors (Lipinski definition) is 3. The number of amides is 3. The highest BCUT2D eigenvalue weighted by molar-refractivity contribution is 5.83. The summed E-state index contributed by atoms with van der Waals surface area (Å²) in [6.45, 7) is 2.34. The van der Waals surface area contributed by atoms with Gasteiger partial charge < -0.3 is 30.7 Å². The summed E-state index contributed by atoms with van der Waals surface area (Å²) in [5, 5.41) is 5.78. The fraction of sp³-hybridized carbons (Fsp3) is 0.500. The van der Waals surface area contributed by atoms with Gasteiger partial charge in [0.25, 0.3) is 0 Å². The summed E-state index contributed by atoms with van der Waals surface area (Å²) < 4.78 is 11.1. The van der Waals surface area contributed by atoms with Gasteiger partial charge in [-0.15, -0.1) is 0 Å². The summed E-state index contributed by atoms with van der Waals surface area (Å²) in [6, 6.07) is 5.22. The highest BCUT2D eigenvalue weighted by atomic mass is 16.6. The summed E-state index contributed by atoms with van der Waals surface area (Å²) >= 11 is 0. The van der Waals surface area contributed by atoms with Crippen LogP contribution in [0.15, 0.2) is 18.2 Å². The van der Waals surface area contributed by atoms with Crippen LogP contribution in [-0.2, 0) is 4.79 Å². The molecule has 2 heterocycles. The summed E-state index contributed by atoms with van der Waals surface area (Å²) in [4.78, 5) is 24.5. The molecule has 1 aromatic carbocycles. The van der Waals surface area contributed by atoms with Gasteiger partial charge in [-0.2, -0.15) is 0 Å². The van der Waals surface area contributed by atoms with Gasteiger partial charge in [-0.3, -0.25) is 4.79 Å². The van der Waals surface area contributed by atoms with Crippen LogP contribution in [0, 0.1) is 0 Å². The first-order valence-electron chi connectivity index (χ1n) is 8.09. The van der Waals surface area contributed by atoms with E-state index in [1.54, 1.807) is 4.90 Å². The van der Waals surface area contributed by atoms with Crippen LogP contribution >= 0.6 is 0 Å². The Hall–Kier alpha value is -2.64. The van der Waals surface area contributed by atoms with Gasteiger partial charge in [-0.05, 0) is 25.0 Å². The first-order valence-corrected chi connectivity index (χ1v) is 8.09. The third-order valence-corrected chi connectivity index (χ3v) is 4.10. The lowest BCUT2D eigenvalue weighted by Gasteiger charge is -2.34. The summed E-state index contributed by atoms with van der Waals surface area (Å²) in [7, 11) is 0. The second-order valence-electron chi connectivity index (χ2n) is 5.90. The molecule has 8 heteroatoms. The topological polar surface area (TPSA) is 106 Å². The maximum Gasteiger partial charge on any atom is 0.312 e. The molecule has 0 radical (unpaired) electrons. The van der Waals surface area contributed by atoms with Crippen LogP contribution in [-0.4, -0.2) is 55.7 Å². The van der Waals surface area contributed by atoms with E-state index < -0.39 is 6.03 Å². The van der Waals surface area contributed by atoms with E-state index in [1.807, 2.05) is 18.2 Å². The van der Waals surface area contributed by atoms with E-state index in [2.05, 4.69) is 10.6 Å². The first kappa shape index (κ1) is 16.2. The highest BCUT2D eigenvalue weighted by Gasteiger charge is 2.24. The van der Waals surface area contributed by atoms with Crippen molar-refractivity contribution in [1.29, 1.82) is 0 Å². The molecule has 2 aliphatic heterocycles. The molecule has 130 valence electrons. The van der Waals surface area contributed by atoms with E-state index in [0.717, 1.165) is 30.0 Å². The van der Waals surface area contributed by atoms with E-state index in [4.69, 9.17) is 15.2 Å². The number of benzene rings is 1. The minimum absolute atomic E-state index is 0.0634. The van der Waals surface area contributed by atoms with Crippen LogP contribution in [0.3, 0.4) is 0 Å². The number of anilines is 1. The van der Waals surface area contributed by atoms with Gasteiger partial charge in [0.05, 0.1) is 6.54 Å². The molecule has 1 fully saturated rings. The predicted molar refractivity (Wildman–Crippen MR) is 88.2 cm³/mol. The van der Waals surface area contributed by atoms with Crippen molar-refractivity contribution in [1.82, 2.24) is 10.2 Å². The number of ether oxygens (including phenoxy) is 2. The fourth-order valence-corrected chi connectivity index (χ4v) is 2.96. The van der Waals surface area contributed by atoms with Crippen molar-refractivity contribution in [3.05, 3.63) is 18.2 Å². The van der Waals surface area contributed by atoms with E-state index in [9.17, 15) is 9.59 Å². The van der Waals surface area contributed by atoms with Crippen molar-refractivity contribution >= 4 is 17.6 Å². The number of nitrogens with zero attached hydrogens (tertiary/aromatic N) is 1. The average Bonchev–Trinajstić information content (AvgIpc) is 2.60. The van der Waals surface area contributed by atoms with Crippen molar-refractivity contribution in [3.8, 4) is 11.5 Å². The van der Waals surface area contributed by atoms with Gasteiger partial charge in [0.15, 0.2) is 11.5 Å². The molecule has 0 spiro atoms. The highest BCUT2D eigenvalue weighted by Crippen LogP contribution is 2.33. The molecular formula is C16H22N4O4. The van der Waals surface area contributed by atoms with Crippen molar-refractivity contribution in [2.24, 2.45) is 5.73 Å². The lowest BCUT2D eigenvalue weighted by molar-refractivity contribution is -0.131. The van der Waals surface area contributed by atoms with Crippen LogP contribution in [0.25, 0.3) is 0 Å². The Morgan fingerprint density at radius 3 is 2.83 bits per heavy atom. The van der Waals surface area contributed by atoms with Crippen molar-refractivity contribution in [2.75, 3.05) is 38.2 Å². The number of carbonyl (C=O) groups is 2. The number of urea groups is 1. The zero-order chi connectivity index (χ0) is 16.9. The quantitative estimate of drug-likeness (QED) is 0.745. The van der Waals surface area contributed by atoms with Crippen LogP contribution in [0.4, 0.5) is 10.5 Å². The lowest BCUT2D eigenvalue weighted by atomic mass is 10.0. The molecule has 0 saturated carbocycles. The number of nitrogens with two attached hydrogens (primary N) is 1. The van der Waals surface area contributed by atoms with Crippen molar-refractivity contribution in [3.63, 3.8) is 0 Å². The molecule has 1 saturated heterocycles. The number of hydrogen-bond acceptors (Lipinski definition) is 5. The van der Waals surface area contributed by atoms with Gasteiger partial charge >= 0.3 is 6.03 Å². The Labute approximate surface area is 140 Å². The minimum Gasteiger partial charge on any atom is -0.486 e. The number of primary amides is 1. The Bertz CT molecular complexity index is 622. The average molecular weight is 334 g/mol. The number of fused-ring (bicyclic) bond motifs is 1. The Kier molecular flexibility index (Phi) is 4.93. The monoisotopic (exact) mass is 334 g/mol. The van der Waals surface area contributed by atoms with E-state index in [-0.39, 0.29) is 18.5 Å². The molecule has 3 rings (SSSR count). The second-order valence-corrected chi connectivity index (χ2v) is 5.90. The van der Waals surface area contributed by atoms with Gasteiger partial charge in [-0.25, -0.2) is 4.79 Å². The molecule has 2 aliphatic rings. The van der Waals surface area contributed by atoms with E-state index in [1.165, 1.54) is 0 Å². The normalized spacial score (nSPS) is 19.5. The standard InChI is InChI=1S/C16H22N4O4/c17-16(22)18-9-15(21)20-5-1-2-12(10-20)19-11-3-4-13-14(8-11)24-7-6-23-13/h3-4,8,12,19H,1-2,5-7,9-10H2,(H3,17,18,22). The second kappa shape index (κ2) is 7.29. The minimum atomic E-state index is -0.689. The largest absolute Gasteiger partial charge is 0.486 e. The summed E-state index contributed by atoms with van der Waals surface area (Å²) in [5.41, 5.74) is 5.94. The lowest BCUT2D eigenvalue weighted by Crippen LogP contribution is -2.49. The van der Waals surface area contributed by atoms with Crippen LogP contribution in [0.5, 0.6) is 11.5 Å². The van der Waals surface area contributed by atoms with Crippen molar-refractivity contribution in [2.45, 2.75) is 18.9 Å². The summed E-state index contributed by atoms with van der Waals surface area (Å²) in [6.07, 6.45) is 1.88. The third-order valence-electron chi connectivity index (χ3n) is 4.10. The molecule has 3 amide bonds. The van der Waals surface area contributed by atoms with E-state index >= 15 is 0 Å². The summed E-state index contributed by atoms with van der Waals surface area (Å²) in [5.74, 6) is 1.37. The number of likely N-dealkylation sites (tertiary alicyclic amines) is 1. The Balaban J connectivity index is 1.57. The van der Waals surface area contributed by atoms with Crippen LogP contribution in [0.1, 0.15) is 12.8 Å². The Morgan fingerprint density at radius 2 is 2.04 bits per heavy atom. The number of carbonyl (C=O) groups excluding carboxylic acids is 2. The van der Waals surface area contributed by atoms with Gasteiger partial charge in [0, 0.05) is 30.9 Å². The molecule has 0 bridgehead atoms. The molecule has 8 nitrogen and oxygen atoms in total. The number of nitrogens with one attached hydrogen (secondary N) is 2. The molecule has 24 heavy (non-hydrogen) atoms. The van der Waals surface area contributed by atoms with Gasteiger partial charge in [-0.1, -0.05) is 0 Å². The smallest absolute Gasteiger partial charge is 0.312 e. The fourth-order valence-electron chi connectivity index (χ4n) is 2.96. The molecule has 4 N–H and O–H groups in total. The zero-order valence-electron chi connectivity index (χ0n) is 13.4. The molecule has 1 atom stereocenters. The maximum atomic E-state index is 12.1. The van der Waals surface area contributed by atoms with Crippen LogP contribution in [0.2, 0.25) is 0 Å². The zero-order valence-corrected chi connectivity index (χ0v) is 13.4. The molecule has 1 aromatic rings. The first-order chi connectivity index (χ1) is 11.6. The van der Waals surface area contributed by atoms with Gasteiger partial charge in [0.2, 0.25) is 5.91 Å². The number of rotatable bonds is 4. The van der Waals surface area contributed by atoms with E-state index in [0.29, 0.717) is 26.3 Å². The molecule has 1 unspecified atom stereocenters. The van der Waals surface area contributed by atoms with Gasteiger partial charge in [0.1, 0.15) is 13.2 Å².